The molecular weight excluding hydrogens is 262 g/mol. The highest BCUT2D eigenvalue weighted by Gasteiger charge is 2.39. The first kappa shape index (κ1) is 14.4. The second kappa shape index (κ2) is 6.48. The van der Waals surface area contributed by atoms with Crippen LogP contribution < -0.4 is 11.1 Å². The van der Waals surface area contributed by atoms with Crippen molar-refractivity contribution >= 4 is 11.6 Å². The molecule has 2 aliphatic carbocycles. The fourth-order valence-electron chi connectivity index (χ4n) is 3.92. The molecule has 0 spiro atoms. The van der Waals surface area contributed by atoms with Crippen molar-refractivity contribution in [1.29, 1.82) is 0 Å². The van der Waals surface area contributed by atoms with Crippen molar-refractivity contribution in [3.05, 3.63) is 29.8 Å². The van der Waals surface area contributed by atoms with E-state index in [2.05, 4.69) is 10.3 Å². The van der Waals surface area contributed by atoms with Crippen LogP contribution in [0.5, 0.6) is 0 Å². The van der Waals surface area contributed by atoms with E-state index >= 15 is 0 Å². The van der Waals surface area contributed by atoms with E-state index in [9.17, 15) is 0 Å². The number of nitrogens with zero attached hydrogens (tertiary/aromatic N) is 1. The van der Waals surface area contributed by atoms with Crippen molar-refractivity contribution in [2.45, 2.75) is 32.3 Å². The van der Waals surface area contributed by atoms with Gasteiger partial charge in [0, 0.05) is 24.9 Å². The van der Waals surface area contributed by atoms with Gasteiger partial charge in [-0.15, -0.1) is 0 Å². The number of guanidine groups is 1. The van der Waals surface area contributed by atoms with Gasteiger partial charge in [-0.05, 0) is 43.1 Å². The topological polar surface area (TPSA) is 59.6 Å². The van der Waals surface area contributed by atoms with Gasteiger partial charge in [0.25, 0.3) is 0 Å². The van der Waals surface area contributed by atoms with Gasteiger partial charge in [-0.1, -0.05) is 24.6 Å². The first-order valence-electron chi connectivity index (χ1n) is 7.90. The molecule has 2 saturated carbocycles. The van der Waals surface area contributed by atoms with E-state index < -0.39 is 0 Å². The molecule has 0 aromatic heterocycles. The average Bonchev–Trinajstić information content (AvgIpc) is 3.10. The van der Waals surface area contributed by atoms with E-state index in [1.54, 1.807) is 7.11 Å². The second-order valence-corrected chi connectivity index (χ2v) is 6.38. The highest BCUT2D eigenvalue weighted by Crippen LogP contribution is 2.48. The average molecular weight is 287 g/mol. The standard InChI is InChI=1S/C17H25N3O/c1-21-11-14-4-2-3-5-16(14)20-17(18)19-10-15-9-12-6-7-13(15)8-12/h2-5,12-13,15H,6-11H2,1H3,(H3,18,19,20). The summed E-state index contributed by atoms with van der Waals surface area (Å²) in [6.45, 7) is 1.44. The number of hydrogen-bond donors (Lipinski definition) is 2. The molecule has 0 heterocycles. The minimum absolute atomic E-state index is 0.515. The van der Waals surface area contributed by atoms with Gasteiger partial charge in [-0.3, -0.25) is 4.99 Å². The lowest BCUT2D eigenvalue weighted by Crippen LogP contribution is -2.25. The van der Waals surface area contributed by atoms with Gasteiger partial charge in [0.05, 0.1) is 6.61 Å². The number of para-hydroxylation sites is 1. The van der Waals surface area contributed by atoms with Crippen LogP contribution in [0.15, 0.2) is 29.3 Å². The number of ether oxygens (including phenoxy) is 1. The molecule has 3 N–H and O–H groups in total. The Kier molecular flexibility index (Phi) is 4.44. The summed E-state index contributed by atoms with van der Waals surface area (Å²) >= 11 is 0. The van der Waals surface area contributed by atoms with Crippen molar-refractivity contribution in [3.63, 3.8) is 0 Å². The predicted molar refractivity (Wildman–Crippen MR) is 86.2 cm³/mol. The third-order valence-electron chi connectivity index (χ3n) is 4.96. The quantitative estimate of drug-likeness (QED) is 0.646. The van der Waals surface area contributed by atoms with Crippen molar-refractivity contribution < 1.29 is 4.74 Å². The minimum atomic E-state index is 0.515. The second-order valence-electron chi connectivity index (χ2n) is 6.38. The molecule has 3 rings (SSSR count). The number of nitrogens with two attached hydrogens (primary N) is 1. The Morgan fingerprint density at radius 1 is 1.33 bits per heavy atom. The Hall–Kier alpha value is -1.55. The number of hydrogen-bond acceptors (Lipinski definition) is 2. The molecule has 0 saturated heterocycles. The Bertz CT molecular complexity index is 515. The van der Waals surface area contributed by atoms with Gasteiger partial charge in [-0.25, -0.2) is 0 Å². The summed E-state index contributed by atoms with van der Waals surface area (Å²) in [5.41, 5.74) is 8.12. The molecule has 0 amide bonds. The van der Waals surface area contributed by atoms with E-state index in [1.165, 1.54) is 25.7 Å². The van der Waals surface area contributed by atoms with E-state index in [0.29, 0.717) is 12.6 Å². The molecule has 4 heteroatoms. The Labute approximate surface area is 126 Å². The molecular formula is C17H25N3O. The zero-order chi connectivity index (χ0) is 14.7. The van der Waals surface area contributed by atoms with Gasteiger partial charge >= 0.3 is 0 Å². The molecule has 114 valence electrons. The molecule has 2 bridgehead atoms. The van der Waals surface area contributed by atoms with Crippen molar-refractivity contribution in [3.8, 4) is 0 Å². The summed E-state index contributed by atoms with van der Waals surface area (Å²) in [7, 11) is 1.70. The third-order valence-corrected chi connectivity index (χ3v) is 4.96. The molecule has 1 aromatic rings. The van der Waals surface area contributed by atoms with Crippen molar-refractivity contribution in [2.24, 2.45) is 28.5 Å². The summed E-state index contributed by atoms with van der Waals surface area (Å²) < 4.78 is 5.20. The lowest BCUT2D eigenvalue weighted by atomic mass is 9.89. The van der Waals surface area contributed by atoms with Crippen LogP contribution >= 0.6 is 0 Å². The number of anilines is 1. The SMILES string of the molecule is COCc1ccccc1NC(N)=NCC1CC2CCC1C2. The molecule has 21 heavy (non-hydrogen) atoms. The minimum Gasteiger partial charge on any atom is -0.380 e. The maximum Gasteiger partial charge on any atom is 0.193 e. The molecule has 0 aliphatic heterocycles. The first-order chi connectivity index (χ1) is 10.3. The van der Waals surface area contributed by atoms with E-state index in [0.717, 1.165) is 35.5 Å². The molecule has 3 atom stereocenters. The number of rotatable bonds is 5. The largest absolute Gasteiger partial charge is 0.380 e. The summed E-state index contributed by atoms with van der Waals surface area (Å²) in [6, 6.07) is 8.04. The predicted octanol–water partition coefficient (Wildman–Crippen LogP) is 3.00. The Balaban J connectivity index is 1.58. The third kappa shape index (κ3) is 3.38. The number of aliphatic imine (C=N–C) groups is 1. The van der Waals surface area contributed by atoms with Crippen molar-refractivity contribution in [1.82, 2.24) is 0 Å². The summed E-state index contributed by atoms with van der Waals surface area (Å²) in [4.78, 5) is 4.56. The normalized spacial score (nSPS) is 28.0. The summed E-state index contributed by atoms with van der Waals surface area (Å²) in [6.07, 6.45) is 5.60. The van der Waals surface area contributed by atoms with Gasteiger partial charge in [0.15, 0.2) is 5.96 Å². The zero-order valence-corrected chi connectivity index (χ0v) is 12.7. The number of fused-ring (bicyclic) bond motifs is 2. The van der Waals surface area contributed by atoms with Gasteiger partial charge in [-0.2, -0.15) is 0 Å². The first-order valence-corrected chi connectivity index (χ1v) is 7.90. The lowest BCUT2D eigenvalue weighted by molar-refractivity contribution is 0.185. The van der Waals surface area contributed by atoms with Crippen LogP contribution in [0.4, 0.5) is 5.69 Å². The number of methoxy groups -OCH3 is 1. The fourth-order valence-corrected chi connectivity index (χ4v) is 3.92. The van der Waals surface area contributed by atoms with Crippen LogP contribution in [0.2, 0.25) is 0 Å². The van der Waals surface area contributed by atoms with Crippen LogP contribution in [0.1, 0.15) is 31.2 Å². The summed E-state index contributed by atoms with van der Waals surface area (Å²) in [5, 5.41) is 3.21. The van der Waals surface area contributed by atoms with Gasteiger partial charge in [0.1, 0.15) is 0 Å². The van der Waals surface area contributed by atoms with E-state index in [4.69, 9.17) is 10.5 Å². The maximum absolute atomic E-state index is 6.05. The smallest absolute Gasteiger partial charge is 0.193 e. The number of benzene rings is 1. The van der Waals surface area contributed by atoms with Crippen LogP contribution in [0.25, 0.3) is 0 Å². The van der Waals surface area contributed by atoms with Crippen LogP contribution in [0.3, 0.4) is 0 Å². The molecule has 0 radical (unpaired) electrons. The van der Waals surface area contributed by atoms with Crippen LogP contribution in [-0.2, 0) is 11.3 Å². The molecule has 2 aliphatic rings. The van der Waals surface area contributed by atoms with Gasteiger partial charge < -0.3 is 15.8 Å². The fraction of sp³-hybridized carbons (Fsp3) is 0.588. The Morgan fingerprint density at radius 2 is 2.19 bits per heavy atom. The van der Waals surface area contributed by atoms with E-state index in [-0.39, 0.29) is 0 Å². The van der Waals surface area contributed by atoms with Crippen molar-refractivity contribution in [2.75, 3.05) is 19.0 Å². The van der Waals surface area contributed by atoms with Crippen LogP contribution in [-0.4, -0.2) is 19.6 Å². The highest BCUT2D eigenvalue weighted by atomic mass is 16.5. The maximum atomic E-state index is 6.05. The molecule has 2 fully saturated rings. The monoisotopic (exact) mass is 287 g/mol. The Morgan fingerprint density at radius 3 is 2.90 bits per heavy atom. The highest BCUT2D eigenvalue weighted by molar-refractivity contribution is 5.92. The molecule has 1 aromatic carbocycles. The number of nitrogens with one attached hydrogen (secondary N) is 1. The van der Waals surface area contributed by atoms with E-state index in [1.807, 2.05) is 24.3 Å². The summed E-state index contributed by atoms with van der Waals surface area (Å²) in [5.74, 6) is 3.12. The van der Waals surface area contributed by atoms with Crippen LogP contribution in [0, 0.1) is 17.8 Å². The molecule has 3 unspecified atom stereocenters. The lowest BCUT2D eigenvalue weighted by Gasteiger charge is -2.19. The van der Waals surface area contributed by atoms with Gasteiger partial charge in [0.2, 0.25) is 0 Å². The molecule has 4 nitrogen and oxygen atoms in total. The zero-order valence-electron chi connectivity index (χ0n) is 12.7.